The van der Waals surface area contributed by atoms with Gasteiger partial charge in [0.05, 0.1) is 46.7 Å². The number of morpholine rings is 2. The van der Waals surface area contributed by atoms with Crippen molar-refractivity contribution in [2.24, 2.45) is 11.5 Å². The minimum atomic E-state index is -4.03. The predicted octanol–water partition coefficient (Wildman–Crippen LogP) is -1.28. The maximum atomic E-state index is 10.3. The average Bonchev–Trinajstić information content (AvgIpc) is 2.77. The van der Waals surface area contributed by atoms with Gasteiger partial charge in [0.25, 0.3) is 0 Å². The van der Waals surface area contributed by atoms with Crippen molar-refractivity contribution in [3.63, 3.8) is 0 Å². The van der Waals surface area contributed by atoms with E-state index in [1.807, 2.05) is 0 Å². The quantitative estimate of drug-likeness (QED) is 0.283. The van der Waals surface area contributed by atoms with Gasteiger partial charge < -0.3 is 30.0 Å². The van der Waals surface area contributed by atoms with Gasteiger partial charge in [0, 0.05) is 49.8 Å². The number of hydrogen-bond donors (Lipinski definition) is 2. The number of nitrogens with zero attached hydrogens (tertiary/aromatic N) is 2. The summed E-state index contributed by atoms with van der Waals surface area (Å²) in [4.78, 5) is 4.21. The van der Waals surface area contributed by atoms with E-state index < -0.39 is 20.2 Å². The van der Waals surface area contributed by atoms with Gasteiger partial charge in [0.1, 0.15) is 0 Å². The van der Waals surface area contributed by atoms with Crippen LogP contribution in [0, 0.1) is 0 Å². The van der Waals surface area contributed by atoms with E-state index >= 15 is 0 Å². The molecule has 1 saturated carbocycles. The van der Waals surface area contributed by atoms with Crippen LogP contribution >= 0.6 is 0 Å². The van der Waals surface area contributed by atoms with Gasteiger partial charge in [0.15, 0.2) is 0 Å². The largest absolute Gasteiger partial charge is 4.00 e. The first-order valence-electron chi connectivity index (χ1n) is 11.9. The molecule has 0 amide bonds. The van der Waals surface area contributed by atoms with Crippen molar-refractivity contribution < 1.29 is 56.5 Å². The third kappa shape index (κ3) is 21.0. The summed E-state index contributed by atoms with van der Waals surface area (Å²) in [6, 6.07) is 0.562. The maximum absolute atomic E-state index is 10.3. The summed E-state index contributed by atoms with van der Waals surface area (Å²) in [7, 11) is -8.07. The van der Waals surface area contributed by atoms with Crippen LogP contribution in [0.4, 0.5) is 0 Å². The molecule has 4 N–H and O–H groups in total. The van der Waals surface area contributed by atoms with Crippen LogP contribution in [0.3, 0.4) is 0 Å². The van der Waals surface area contributed by atoms with Crippen molar-refractivity contribution in [3.05, 3.63) is 0 Å². The van der Waals surface area contributed by atoms with Crippen LogP contribution in [0.2, 0.25) is 0 Å². The second-order valence-electron chi connectivity index (χ2n) is 8.75. The van der Waals surface area contributed by atoms with Crippen LogP contribution < -0.4 is 11.5 Å². The van der Waals surface area contributed by atoms with Gasteiger partial charge in [-0.05, 0) is 38.8 Å². The van der Waals surface area contributed by atoms with E-state index in [0.717, 1.165) is 39.0 Å². The Hall–Kier alpha value is 0.268. The molecule has 3 rings (SSSR count). The van der Waals surface area contributed by atoms with Gasteiger partial charge in [0.2, 0.25) is 0 Å². The van der Waals surface area contributed by atoms with E-state index in [9.17, 15) is 25.9 Å². The van der Waals surface area contributed by atoms with E-state index in [1.165, 1.54) is 12.8 Å². The summed E-state index contributed by atoms with van der Waals surface area (Å²) in [5.41, 5.74) is 11.3. The van der Waals surface area contributed by atoms with E-state index in [1.54, 1.807) is 0 Å². The standard InChI is InChI=1S/2C7H15NO4S.C6H14N2.Pt/c2*9-13(10,11)7-1-2-8-3-5-12-6-4-8;7-5-3-1-2-4-6(5)8;/h2*1-7H2,(H,9,10,11);5-6H,1-4,7-8H2;/q;;;+4/p-2. The third-order valence-corrected chi connectivity index (χ3v) is 7.40. The van der Waals surface area contributed by atoms with Crippen LogP contribution in [0.25, 0.3) is 0 Å². The molecule has 0 bridgehead atoms. The second kappa shape index (κ2) is 19.4. The normalized spacial score (nSPS) is 24.2. The van der Waals surface area contributed by atoms with Crippen molar-refractivity contribution in [1.82, 2.24) is 9.80 Å². The maximum Gasteiger partial charge on any atom is 4.00 e. The van der Waals surface area contributed by atoms with E-state index in [0.29, 0.717) is 52.4 Å². The fraction of sp³-hybridized carbons (Fsp3) is 1.00. The zero-order chi connectivity index (χ0) is 25.5. The molecule has 0 radical (unpaired) electrons. The molecular formula is C20H42N4O8PtS2+2. The molecule has 2 atom stereocenters. The number of nitrogens with two attached hydrogens (primary N) is 2. The van der Waals surface area contributed by atoms with Crippen LogP contribution in [-0.2, 0) is 50.8 Å². The molecular weight excluding hydrogens is 683 g/mol. The van der Waals surface area contributed by atoms with Gasteiger partial charge in [-0.1, -0.05) is 12.8 Å². The molecule has 15 heteroatoms. The molecule has 2 saturated heterocycles. The summed E-state index contributed by atoms with van der Waals surface area (Å²) < 4.78 is 71.9. The molecule has 3 fully saturated rings. The molecule has 210 valence electrons. The van der Waals surface area contributed by atoms with E-state index in [2.05, 4.69) is 9.80 Å². The van der Waals surface area contributed by atoms with Gasteiger partial charge in [-0.25, -0.2) is 16.8 Å². The fourth-order valence-corrected chi connectivity index (χ4v) is 4.73. The zero-order valence-corrected chi connectivity index (χ0v) is 24.2. The fourth-order valence-electron chi connectivity index (χ4n) is 3.77. The van der Waals surface area contributed by atoms with Crippen LogP contribution in [0.5, 0.6) is 0 Å². The molecule has 1 aliphatic carbocycles. The van der Waals surface area contributed by atoms with Gasteiger partial charge in [-0.2, -0.15) is 0 Å². The smallest absolute Gasteiger partial charge is 0.748 e. The summed E-state index contributed by atoms with van der Waals surface area (Å²) >= 11 is 0. The van der Waals surface area contributed by atoms with Crippen molar-refractivity contribution in [2.75, 3.05) is 77.2 Å². The minimum absolute atomic E-state index is 0. The van der Waals surface area contributed by atoms with E-state index in [4.69, 9.17) is 20.9 Å². The van der Waals surface area contributed by atoms with E-state index in [-0.39, 0.29) is 44.7 Å². The Bertz CT molecular complexity index is 671. The Kier molecular flexibility index (Phi) is 19.5. The third-order valence-electron chi connectivity index (χ3n) is 5.82. The Balaban J connectivity index is 0.000000503. The van der Waals surface area contributed by atoms with Gasteiger partial charge in [-0.3, -0.25) is 9.80 Å². The molecule has 2 aliphatic heterocycles. The first-order valence-corrected chi connectivity index (χ1v) is 15.1. The Labute approximate surface area is 225 Å². The van der Waals surface area contributed by atoms with Crippen LogP contribution in [-0.4, -0.2) is 125 Å². The zero-order valence-electron chi connectivity index (χ0n) is 20.3. The molecule has 0 aromatic carbocycles. The minimum Gasteiger partial charge on any atom is -0.748 e. The molecule has 0 spiro atoms. The van der Waals surface area contributed by atoms with Gasteiger partial charge >= 0.3 is 21.1 Å². The molecule has 2 unspecified atom stereocenters. The van der Waals surface area contributed by atoms with Crippen molar-refractivity contribution >= 4 is 20.2 Å². The Morgan fingerprint density at radius 1 is 0.686 bits per heavy atom. The number of hydrogen-bond acceptors (Lipinski definition) is 12. The topological polar surface area (TPSA) is 191 Å². The predicted molar refractivity (Wildman–Crippen MR) is 127 cm³/mol. The number of ether oxygens (including phenoxy) is 2. The molecule has 2 heterocycles. The SMILES string of the molecule is NC1CCCCC1N.O=S(=O)([O-])CCCN1CCOCC1.O=S(=O)([O-])CCCN1CCOCC1.[Pt+4]. The molecule has 35 heavy (non-hydrogen) atoms. The summed E-state index contributed by atoms with van der Waals surface area (Å²) in [6.07, 6.45) is 5.64. The summed E-state index contributed by atoms with van der Waals surface area (Å²) in [6.45, 7) is 7.47. The Morgan fingerprint density at radius 3 is 1.26 bits per heavy atom. The van der Waals surface area contributed by atoms with Crippen LogP contribution in [0.1, 0.15) is 38.5 Å². The first kappa shape index (κ1) is 35.3. The molecule has 0 aromatic rings. The average molecular weight is 726 g/mol. The monoisotopic (exact) mass is 725 g/mol. The number of rotatable bonds is 8. The molecule has 3 aliphatic rings. The molecule has 12 nitrogen and oxygen atoms in total. The second-order valence-corrected chi connectivity index (χ2v) is 11.8. The summed E-state index contributed by atoms with van der Waals surface area (Å²) in [5, 5.41) is 0. The van der Waals surface area contributed by atoms with Crippen molar-refractivity contribution in [1.29, 1.82) is 0 Å². The first-order chi connectivity index (χ1) is 16.0. The summed E-state index contributed by atoms with van der Waals surface area (Å²) in [5.74, 6) is -0.519. The molecule has 0 aromatic heterocycles. The van der Waals surface area contributed by atoms with Gasteiger partial charge in [-0.15, -0.1) is 0 Å². The van der Waals surface area contributed by atoms with Crippen molar-refractivity contribution in [2.45, 2.75) is 50.6 Å². The van der Waals surface area contributed by atoms with Crippen molar-refractivity contribution in [3.8, 4) is 0 Å². The van der Waals surface area contributed by atoms with Crippen LogP contribution in [0.15, 0.2) is 0 Å². The Morgan fingerprint density at radius 2 is 1.00 bits per heavy atom.